The van der Waals surface area contributed by atoms with Crippen LogP contribution in [0.25, 0.3) is 22.6 Å². The van der Waals surface area contributed by atoms with Gasteiger partial charge >= 0.3 is 0 Å². The van der Waals surface area contributed by atoms with Gasteiger partial charge in [0.15, 0.2) is 5.58 Å². The van der Waals surface area contributed by atoms with E-state index in [1.54, 1.807) is 0 Å². The molecule has 1 unspecified atom stereocenters. The van der Waals surface area contributed by atoms with Gasteiger partial charge in [0.1, 0.15) is 18.0 Å². The lowest BCUT2D eigenvalue weighted by Crippen LogP contribution is -2.33. The maximum absolute atomic E-state index is 11.7. The molecule has 2 aromatic carbocycles. The van der Waals surface area contributed by atoms with Gasteiger partial charge in [0.25, 0.3) is 0 Å². The smallest absolute Gasteiger partial charge is 0.240 e. The third-order valence-corrected chi connectivity index (χ3v) is 6.26. The second-order valence-corrected chi connectivity index (χ2v) is 8.52. The van der Waals surface area contributed by atoms with E-state index in [0.717, 1.165) is 47.6 Å². The number of aromatic nitrogens is 1. The minimum Gasteiger partial charge on any atom is -0.478 e. The Morgan fingerprint density at radius 3 is 2.66 bits per heavy atom. The van der Waals surface area contributed by atoms with E-state index in [1.165, 1.54) is 19.3 Å². The van der Waals surface area contributed by atoms with Crippen LogP contribution in [-0.4, -0.2) is 41.3 Å². The fraction of sp³-hybridized carbons (Fsp3) is 0.400. The Labute approximate surface area is 187 Å². The predicted molar refractivity (Wildman–Crippen MR) is 123 cm³/mol. The molecule has 1 saturated heterocycles. The summed E-state index contributed by atoms with van der Waals surface area (Å²) in [6.07, 6.45) is 5.14. The van der Waals surface area contributed by atoms with Crippen molar-refractivity contribution in [1.82, 2.24) is 15.3 Å². The fourth-order valence-electron chi connectivity index (χ4n) is 4.37. The van der Waals surface area contributed by atoms with Crippen LogP contribution in [-0.2, 0) is 4.79 Å². The Kier molecular flexibility index (Phi) is 5.90. The molecule has 3 heterocycles. The van der Waals surface area contributed by atoms with Crippen molar-refractivity contribution in [3.05, 3.63) is 48.0 Å². The zero-order chi connectivity index (χ0) is 21.9. The lowest BCUT2D eigenvalue weighted by atomic mass is 9.90. The Morgan fingerprint density at radius 2 is 1.88 bits per heavy atom. The van der Waals surface area contributed by atoms with Crippen LogP contribution in [0.2, 0.25) is 0 Å². The van der Waals surface area contributed by atoms with Crippen LogP contribution in [0.5, 0.6) is 5.75 Å². The van der Waals surface area contributed by atoms with Crippen LogP contribution >= 0.6 is 0 Å². The molecule has 166 valence electrons. The number of fused-ring (bicyclic) bond motifs is 1. The molecule has 0 bridgehead atoms. The van der Waals surface area contributed by atoms with Gasteiger partial charge in [0.2, 0.25) is 11.8 Å². The Balaban J connectivity index is 1.32. The molecule has 5 rings (SSSR count). The van der Waals surface area contributed by atoms with Gasteiger partial charge in [-0.25, -0.2) is 10.4 Å². The van der Waals surface area contributed by atoms with Crippen LogP contribution in [0.3, 0.4) is 0 Å². The minimum atomic E-state index is -0.0352. The average molecular weight is 433 g/mol. The summed E-state index contributed by atoms with van der Waals surface area (Å²) >= 11 is 0. The highest BCUT2D eigenvalue weighted by molar-refractivity contribution is 6.07. The number of oxazole rings is 1. The van der Waals surface area contributed by atoms with Crippen molar-refractivity contribution < 1.29 is 13.9 Å². The van der Waals surface area contributed by atoms with Crippen LogP contribution in [0.4, 0.5) is 0 Å². The zero-order valence-electron chi connectivity index (χ0n) is 18.3. The number of amides is 1. The number of benzene rings is 2. The second kappa shape index (κ2) is 9.12. The SMILES string of the molecule is CCC1CC(=O)NN=C1c1ccc2nc(-c3ccc(OCN4CCCCC4)cc3)oc2c1. The molecule has 1 fully saturated rings. The van der Waals surface area contributed by atoms with E-state index >= 15 is 0 Å². The van der Waals surface area contributed by atoms with Crippen molar-refractivity contribution in [2.45, 2.75) is 39.0 Å². The maximum Gasteiger partial charge on any atom is 0.240 e. The molecule has 0 aliphatic carbocycles. The van der Waals surface area contributed by atoms with Gasteiger partial charge in [0.05, 0.1) is 5.71 Å². The Bertz CT molecular complexity index is 1130. The third kappa shape index (κ3) is 4.39. The summed E-state index contributed by atoms with van der Waals surface area (Å²) in [5.41, 5.74) is 6.85. The molecule has 1 amide bonds. The first-order valence-electron chi connectivity index (χ1n) is 11.4. The average Bonchev–Trinajstić information content (AvgIpc) is 3.27. The van der Waals surface area contributed by atoms with E-state index in [9.17, 15) is 4.79 Å². The molecule has 7 heteroatoms. The van der Waals surface area contributed by atoms with Gasteiger partial charge in [-0.2, -0.15) is 5.10 Å². The first-order chi connectivity index (χ1) is 15.7. The summed E-state index contributed by atoms with van der Waals surface area (Å²) in [5.74, 6) is 1.50. The fourth-order valence-corrected chi connectivity index (χ4v) is 4.37. The maximum atomic E-state index is 11.7. The molecular formula is C25H28N4O3. The number of rotatable bonds is 6. The van der Waals surface area contributed by atoms with Gasteiger partial charge in [-0.05, 0) is 55.7 Å². The standard InChI is InChI=1S/C25H28N4O3/c1-2-17-15-23(30)27-28-24(17)19-8-11-21-22(14-19)32-25(26-21)18-6-9-20(10-7-18)31-16-29-12-4-3-5-13-29/h6-11,14,17H,2-5,12-13,15-16H2,1H3,(H,27,30). The molecule has 32 heavy (non-hydrogen) atoms. The summed E-state index contributed by atoms with van der Waals surface area (Å²) in [5, 5.41) is 4.30. The highest BCUT2D eigenvalue weighted by Gasteiger charge is 2.24. The van der Waals surface area contributed by atoms with Gasteiger partial charge < -0.3 is 9.15 Å². The normalized spacial score (nSPS) is 19.6. The number of nitrogens with zero attached hydrogens (tertiary/aromatic N) is 3. The highest BCUT2D eigenvalue weighted by Crippen LogP contribution is 2.28. The van der Waals surface area contributed by atoms with Crippen molar-refractivity contribution in [2.75, 3.05) is 19.8 Å². The second-order valence-electron chi connectivity index (χ2n) is 8.52. The van der Waals surface area contributed by atoms with Crippen LogP contribution in [0.1, 0.15) is 44.6 Å². The number of nitrogens with one attached hydrogen (secondary N) is 1. The van der Waals surface area contributed by atoms with E-state index in [1.807, 2.05) is 42.5 Å². The van der Waals surface area contributed by atoms with Crippen molar-refractivity contribution >= 4 is 22.7 Å². The van der Waals surface area contributed by atoms with Crippen molar-refractivity contribution in [1.29, 1.82) is 0 Å². The van der Waals surface area contributed by atoms with Gasteiger partial charge in [-0.15, -0.1) is 0 Å². The molecular weight excluding hydrogens is 404 g/mol. The lowest BCUT2D eigenvalue weighted by Gasteiger charge is -2.26. The summed E-state index contributed by atoms with van der Waals surface area (Å²) in [4.78, 5) is 18.7. The largest absolute Gasteiger partial charge is 0.478 e. The number of carbonyl (C=O) groups excluding carboxylic acids is 1. The summed E-state index contributed by atoms with van der Waals surface area (Å²) in [6.45, 7) is 4.93. The molecule has 0 spiro atoms. The molecule has 0 radical (unpaired) electrons. The van der Waals surface area contributed by atoms with E-state index in [0.29, 0.717) is 24.6 Å². The number of hydrazone groups is 1. The molecule has 7 nitrogen and oxygen atoms in total. The number of piperidine rings is 1. The highest BCUT2D eigenvalue weighted by atomic mass is 16.5. The number of hydrogen-bond acceptors (Lipinski definition) is 6. The Hall–Kier alpha value is -3.19. The molecule has 1 N–H and O–H groups in total. The van der Waals surface area contributed by atoms with Crippen molar-refractivity contribution in [3.63, 3.8) is 0 Å². The van der Waals surface area contributed by atoms with Crippen molar-refractivity contribution in [3.8, 4) is 17.2 Å². The number of carbonyl (C=O) groups is 1. The third-order valence-electron chi connectivity index (χ3n) is 6.26. The van der Waals surface area contributed by atoms with Crippen LogP contribution < -0.4 is 10.2 Å². The molecule has 1 atom stereocenters. The quantitative estimate of drug-likeness (QED) is 0.617. The van der Waals surface area contributed by atoms with Gasteiger partial charge in [-0.3, -0.25) is 9.69 Å². The van der Waals surface area contributed by atoms with E-state index < -0.39 is 0 Å². The van der Waals surface area contributed by atoms with E-state index in [-0.39, 0.29) is 11.8 Å². The molecule has 3 aromatic rings. The number of likely N-dealkylation sites (tertiary alicyclic amines) is 1. The number of hydrogen-bond donors (Lipinski definition) is 1. The number of ether oxygens (including phenoxy) is 1. The molecule has 2 aliphatic rings. The summed E-state index contributed by atoms with van der Waals surface area (Å²) < 4.78 is 12.0. The van der Waals surface area contributed by atoms with E-state index in [2.05, 4.69) is 27.3 Å². The molecule has 1 aromatic heterocycles. The van der Waals surface area contributed by atoms with Crippen molar-refractivity contribution in [2.24, 2.45) is 11.0 Å². The molecule has 0 saturated carbocycles. The minimum absolute atomic E-state index is 0.0352. The predicted octanol–water partition coefficient (Wildman–Crippen LogP) is 4.57. The topological polar surface area (TPSA) is 80.0 Å². The van der Waals surface area contributed by atoms with Crippen LogP contribution in [0.15, 0.2) is 52.0 Å². The first kappa shape index (κ1) is 20.7. The molecule has 2 aliphatic heterocycles. The van der Waals surface area contributed by atoms with Crippen LogP contribution in [0, 0.1) is 5.92 Å². The van der Waals surface area contributed by atoms with E-state index in [4.69, 9.17) is 9.15 Å². The van der Waals surface area contributed by atoms with Gasteiger partial charge in [-0.1, -0.05) is 19.4 Å². The summed E-state index contributed by atoms with van der Waals surface area (Å²) in [7, 11) is 0. The van der Waals surface area contributed by atoms with Gasteiger partial charge in [0, 0.05) is 36.6 Å². The zero-order valence-corrected chi connectivity index (χ0v) is 18.3. The monoisotopic (exact) mass is 432 g/mol. The first-order valence-corrected chi connectivity index (χ1v) is 11.4. The Morgan fingerprint density at radius 1 is 1.09 bits per heavy atom. The summed E-state index contributed by atoms with van der Waals surface area (Å²) in [6, 6.07) is 13.8. The lowest BCUT2D eigenvalue weighted by molar-refractivity contribution is -0.122.